The average Bonchev–Trinajstić information content (AvgIpc) is 3.34. The van der Waals surface area contributed by atoms with Gasteiger partial charge >= 0.3 is 0 Å². The Morgan fingerprint density at radius 3 is 2.39 bits per heavy atom. The van der Waals surface area contributed by atoms with Crippen LogP contribution in [0.3, 0.4) is 0 Å². The molecule has 0 heterocycles. The summed E-state index contributed by atoms with van der Waals surface area (Å²) in [7, 11) is 0. The zero-order valence-electron chi connectivity index (χ0n) is 13.1. The van der Waals surface area contributed by atoms with Crippen LogP contribution in [0.2, 0.25) is 0 Å². The van der Waals surface area contributed by atoms with E-state index in [1.807, 2.05) is 31.2 Å². The highest BCUT2D eigenvalue weighted by molar-refractivity contribution is 5.96. The summed E-state index contributed by atoms with van der Waals surface area (Å²) < 4.78 is 0. The summed E-state index contributed by atoms with van der Waals surface area (Å²) in [4.78, 5) is 24.0. The summed E-state index contributed by atoms with van der Waals surface area (Å²) in [6.07, 6.45) is 2.48. The molecule has 0 unspecified atom stereocenters. The smallest absolute Gasteiger partial charge is 0.251 e. The molecule has 23 heavy (non-hydrogen) atoms. The van der Waals surface area contributed by atoms with Crippen molar-refractivity contribution in [3.63, 3.8) is 0 Å². The van der Waals surface area contributed by atoms with Crippen molar-refractivity contribution in [1.29, 1.82) is 0 Å². The molecule has 118 valence electrons. The van der Waals surface area contributed by atoms with Crippen molar-refractivity contribution in [2.75, 3.05) is 5.32 Å². The van der Waals surface area contributed by atoms with Gasteiger partial charge in [-0.15, -0.1) is 0 Å². The van der Waals surface area contributed by atoms with Crippen molar-refractivity contribution in [2.24, 2.45) is 0 Å². The molecule has 2 N–H and O–H groups in total. The number of hydrogen-bond acceptors (Lipinski definition) is 2. The Balaban J connectivity index is 1.58. The number of rotatable bonds is 5. The van der Waals surface area contributed by atoms with E-state index in [-0.39, 0.29) is 11.8 Å². The molecule has 0 spiro atoms. The van der Waals surface area contributed by atoms with Crippen molar-refractivity contribution in [2.45, 2.75) is 32.2 Å². The summed E-state index contributed by atoms with van der Waals surface area (Å²) in [5.41, 5.74) is 3.44. The van der Waals surface area contributed by atoms with Gasteiger partial charge in [0.25, 0.3) is 5.91 Å². The Morgan fingerprint density at radius 1 is 1.04 bits per heavy atom. The fraction of sp³-hybridized carbons (Fsp3) is 0.263. The van der Waals surface area contributed by atoms with Gasteiger partial charge in [0.1, 0.15) is 0 Å². The number of carbonyl (C=O) groups is 2. The zero-order valence-corrected chi connectivity index (χ0v) is 13.1. The van der Waals surface area contributed by atoms with E-state index >= 15 is 0 Å². The predicted molar refractivity (Wildman–Crippen MR) is 90.4 cm³/mol. The molecular formula is C19H20N2O2. The van der Waals surface area contributed by atoms with Crippen LogP contribution in [0.1, 0.15) is 34.3 Å². The van der Waals surface area contributed by atoms with E-state index in [1.54, 1.807) is 24.3 Å². The first kappa shape index (κ1) is 15.3. The second kappa shape index (κ2) is 6.65. The number of amides is 2. The monoisotopic (exact) mass is 308 g/mol. The SMILES string of the molecule is Cc1ccccc1CC(=O)Nc1ccc(C(=O)NC2CC2)cc1. The van der Waals surface area contributed by atoms with Crippen molar-refractivity contribution in [1.82, 2.24) is 5.32 Å². The average molecular weight is 308 g/mol. The second-order valence-electron chi connectivity index (χ2n) is 5.98. The minimum atomic E-state index is -0.0607. The number of carbonyl (C=O) groups excluding carboxylic acids is 2. The van der Waals surface area contributed by atoms with Crippen LogP contribution in [0.25, 0.3) is 0 Å². The van der Waals surface area contributed by atoms with E-state index in [0.717, 1.165) is 24.0 Å². The molecule has 0 radical (unpaired) electrons. The van der Waals surface area contributed by atoms with Crippen LogP contribution in [0.15, 0.2) is 48.5 Å². The normalized spacial score (nSPS) is 13.4. The molecule has 0 bridgehead atoms. The van der Waals surface area contributed by atoms with Gasteiger partial charge in [0.2, 0.25) is 5.91 Å². The van der Waals surface area contributed by atoms with Gasteiger partial charge in [-0.05, 0) is 55.2 Å². The van der Waals surface area contributed by atoms with E-state index in [0.29, 0.717) is 23.7 Å². The standard InChI is InChI=1S/C19H20N2O2/c1-13-4-2-3-5-15(13)12-18(22)20-16-8-6-14(7-9-16)19(23)21-17-10-11-17/h2-9,17H,10-12H2,1H3,(H,20,22)(H,21,23). The summed E-state index contributed by atoms with van der Waals surface area (Å²) in [6.45, 7) is 2.00. The minimum Gasteiger partial charge on any atom is -0.349 e. The highest BCUT2D eigenvalue weighted by Crippen LogP contribution is 2.19. The van der Waals surface area contributed by atoms with Crippen LogP contribution in [0, 0.1) is 6.92 Å². The molecule has 0 aromatic heterocycles. The first-order valence-corrected chi connectivity index (χ1v) is 7.87. The van der Waals surface area contributed by atoms with Crippen molar-refractivity contribution < 1.29 is 9.59 Å². The first-order chi connectivity index (χ1) is 11.1. The maximum atomic E-state index is 12.1. The van der Waals surface area contributed by atoms with E-state index in [2.05, 4.69) is 10.6 Å². The third kappa shape index (κ3) is 4.19. The quantitative estimate of drug-likeness (QED) is 0.892. The van der Waals surface area contributed by atoms with Gasteiger partial charge in [-0.1, -0.05) is 24.3 Å². The minimum absolute atomic E-state index is 0.0507. The molecular weight excluding hydrogens is 288 g/mol. The lowest BCUT2D eigenvalue weighted by atomic mass is 10.1. The highest BCUT2D eigenvalue weighted by Gasteiger charge is 2.23. The molecule has 2 amide bonds. The lowest BCUT2D eigenvalue weighted by Crippen LogP contribution is -2.25. The fourth-order valence-electron chi connectivity index (χ4n) is 2.39. The molecule has 1 aliphatic carbocycles. The third-order valence-electron chi connectivity index (χ3n) is 3.96. The summed E-state index contributed by atoms with van der Waals surface area (Å²) in [6, 6.07) is 15.2. The van der Waals surface area contributed by atoms with Gasteiger partial charge in [-0.3, -0.25) is 9.59 Å². The molecule has 3 rings (SSSR count). The molecule has 1 aliphatic rings. The van der Waals surface area contributed by atoms with Crippen molar-refractivity contribution in [3.05, 3.63) is 65.2 Å². The van der Waals surface area contributed by atoms with Gasteiger partial charge in [-0.25, -0.2) is 0 Å². The lowest BCUT2D eigenvalue weighted by Gasteiger charge is -2.08. The molecule has 1 saturated carbocycles. The van der Waals surface area contributed by atoms with Crippen LogP contribution in [0.5, 0.6) is 0 Å². The van der Waals surface area contributed by atoms with E-state index < -0.39 is 0 Å². The van der Waals surface area contributed by atoms with Gasteiger partial charge < -0.3 is 10.6 Å². The van der Waals surface area contributed by atoms with E-state index in [4.69, 9.17) is 0 Å². The van der Waals surface area contributed by atoms with Crippen LogP contribution in [-0.4, -0.2) is 17.9 Å². The van der Waals surface area contributed by atoms with Crippen LogP contribution in [0.4, 0.5) is 5.69 Å². The molecule has 2 aromatic rings. The third-order valence-corrected chi connectivity index (χ3v) is 3.96. The summed E-state index contributed by atoms with van der Waals surface area (Å²) in [5.74, 6) is -0.111. The Labute approximate surface area is 135 Å². The Kier molecular flexibility index (Phi) is 4.42. The van der Waals surface area contributed by atoms with Gasteiger partial charge in [0.05, 0.1) is 6.42 Å². The summed E-state index contributed by atoms with van der Waals surface area (Å²) in [5, 5.41) is 5.81. The molecule has 0 atom stereocenters. The van der Waals surface area contributed by atoms with Crippen molar-refractivity contribution >= 4 is 17.5 Å². The topological polar surface area (TPSA) is 58.2 Å². The Hall–Kier alpha value is -2.62. The molecule has 4 nitrogen and oxygen atoms in total. The molecule has 4 heteroatoms. The zero-order chi connectivity index (χ0) is 16.2. The number of aryl methyl sites for hydroxylation is 1. The van der Waals surface area contributed by atoms with Crippen LogP contribution in [-0.2, 0) is 11.2 Å². The number of benzene rings is 2. The van der Waals surface area contributed by atoms with Crippen molar-refractivity contribution in [3.8, 4) is 0 Å². The highest BCUT2D eigenvalue weighted by atomic mass is 16.2. The Bertz CT molecular complexity index is 718. The molecule has 2 aromatic carbocycles. The van der Waals surface area contributed by atoms with Crippen LogP contribution >= 0.6 is 0 Å². The molecule has 0 saturated heterocycles. The maximum absolute atomic E-state index is 12.1. The number of nitrogens with one attached hydrogen (secondary N) is 2. The largest absolute Gasteiger partial charge is 0.349 e. The van der Waals surface area contributed by atoms with E-state index in [1.165, 1.54) is 0 Å². The van der Waals surface area contributed by atoms with E-state index in [9.17, 15) is 9.59 Å². The number of hydrogen-bond donors (Lipinski definition) is 2. The second-order valence-corrected chi connectivity index (χ2v) is 5.98. The maximum Gasteiger partial charge on any atom is 0.251 e. The van der Waals surface area contributed by atoms with Gasteiger partial charge in [-0.2, -0.15) is 0 Å². The van der Waals surface area contributed by atoms with Gasteiger partial charge in [0, 0.05) is 17.3 Å². The first-order valence-electron chi connectivity index (χ1n) is 7.87. The van der Waals surface area contributed by atoms with Crippen LogP contribution < -0.4 is 10.6 Å². The number of anilines is 1. The lowest BCUT2D eigenvalue weighted by molar-refractivity contribution is -0.115. The fourth-order valence-corrected chi connectivity index (χ4v) is 2.39. The van der Waals surface area contributed by atoms with Gasteiger partial charge in [0.15, 0.2) is 0 Å². The summed E-state index contributed by atoms with van der Waals surface area (Å²) >= 11 is 0. The molecule has 1 fully saturated rings. The Morgan fingerprint density at radius 2 is 1.74 bits per heavy atom. The predicted octanol–water partition coefficient (Wildman–Crippen LogP) is 3.07. The molecule has 0 aliphatic heterocycles.